The average molecular weight is 493 g/mol. The molecule has 192 valence electrons. The molecule has 0 bridgehead atoms. The Hall–Kier alpha value is -4.01. The Morgan fingerprint density at radius 2 is 1.63 bits per heavy atom. The lowest BCUT2D eigenvalue weighted by molar-refractivity contribution is -0.139. The lowest BCUT2D eigenvalue weighted by Crippen LogP contribution is -2.36. The molecule has 0 unspecified atom stereocenters. The first-order chi connectivity index (χ1) is 16.5. The summed E-state index contributed by atoms with van der Waals surface area (Å²) in [5, 5.41) is 26.8. The monoisotopic (exact) mass is 492 g/mol. The number of nitrogens with one attached hydrogen (secondary N) is 3. The first kappa shape index (κ1) is 29.0. The Kier molecular flexibility index (Phi) is 12.4. The molecule has 2 aromatic rings. The number of carbonyl (C=O) groups excluding carboxylic acids is 1. The van der Waals surface area contributed by atoms with Crippen LogP contribution in [-0.2, 0) is 27.2 Å². The van der Waals surface area contributed by atoms with E-state index in [1.165, 1.54) is 6.33 Å². The summed E-state index contributed by atoms with van der Waals surface area (Å²) in [5.41, 5.74) is 23.0. The molecule has 35 heavy (non-hydrogen) atoms. The van der Waals surface area contributed by atoms with Crippen molar-refractivity contribution < 1.29 is 29.3 Å². The van der Waals surface area contributed by atoms with E-state index in [1.807, 2.05) is 0 Å². The summed E-state index contributed by atoms with van der Waals surface area (Å²) in [6, 6.07) is 3.80. The number of imidazole rings is 1. The number of nitrogens with two attached hydrogens (primary N) is 4. The Labute approximate surface area is 201 Å². The third kappa shape index (κ3) is 12.1. The van der Waals surface area contributed by atoms with Gasteiger partial charge in [0.25, 0.3) is 0 Å². The van der Waals surface area contributed by atoms with Gasteiger partial charge < -0.3 is 48.2 Å². The van der Waals surface area contributed by atoms with Crippen LogP contribution in [-0.4, -0.2) is 68.7 Å². The smallest absolute Gasteiger partial charge is 0.328 e. The van der Waals surface area contributed by atoms with Crippen molar-refractivity contribution in [3.63, 3.8) is 0 Å². The molecule has 0 amide bonds. The Bertz CT molecular complexity index is 951. The Morgan fingerprint density at radius 1 is 1.03 bits per heavy atom. The molecule has 2 rings (SSSR count). The molecule has 1 heterocycles. The van der Waals surface area contributed by atoms with E-state index in [1.54, 1.807) is 30.5 Å². The summed E-state index contributed by atoms with van der Waals surface area (Å²) in [6.07, 6.45) is 4.53. The fraction of sp³-hybridized carbons (Fsp3) is 0.381. The highest BCUT2D eigenvalue weighted by atomic mass is 16.5. The second-order valence-corrected chi connectivity index (χ2v) is 7.51. The summed E-state index contributed by atoms with van der Waals surface area (Å²) in [5.74, 6) is -2.45. The van der Waals surface area contributed by atoms with Crippen LogP contribution in [0.1, 0.15) is 24.1 Å². The number of benzene rings is 1. The molecule has 3 atom stereocenters. The fourth-order valence-corrected chi connectivity index (χ4v) is 2.60. The van der Waals surface area contributed by atoms with Crippen LogP contribution in [0.25, 0.3) is 0 Å². The molecular weight excluding hydrogens is 460 g/mol. The summed E-state index contributed by atoms with van der Waals surface area (Å²) < 4.78 is 5.16. The second-order valence-electron chi connectivity index (χ2n) is 7.51. The molecule has 0 fully saturated rings. The number of aromatic amines is 1. The van der Waals surface area contributed by atoms with Crippen molar-refractivity contribution in [3.8, 4) is 5.75 Å². The van der Waals surface area contributed by atoms with E-state index >= 15 is 0 Å². The lowest BCUT2D eigenvalue weighted by Gasteiger charge is -2.12. The normalized spacial score (nSPS) is 12.9. The number of esters is 1. The molecule has 0 saturated heterocycles. The molecule has 0 aliphatic rings. The van der Waals surface area contributed by atoms with Crippen LogP contribution >= 0.6 is 0 Å². The van der Waals surface area contributed by atoms with Crippen molar-refractivity contribution in [1.29, 1.82) is 5.41 Å². The topological polar surface area (TPSA) is 270 Å². The van der Waals surface area contributed by atoms with Crippen molar-refractivity contribution in [2.24, 2.45) is 22.9 Å². The van der Waals surface area contributed by atoms with Crippen LogP contribution < -0.4 is 33.0 Å². The summed E-state index contributed by atoms with van der Waals surface area (Å²) >= 11 is 0. The molecule has 0 radical (unpaired) electrons. The van der Waals surface area contributed by atoms with Crippen molar-refractivity contribution in [1.82, 2.24) is 15.3 Å². The summed E-state index contributed by atoms with van der Waals surface area (Å²) in [4.78, 5) is 39.4. The van der Waals surface area contributed by atoms with Crippen LogP contribution in [0, 0.1) is 5.41 Å². The van der Waals surface area contributed by atoms with E-state index in [4.69, 9.17) is 43.3 Å². The predicted molar refractivity (Wildman–Crippen MR) is 126 cm³/mol. The zero-order valence-corrected chi connectivity index (χ0v) is 19.0. The molecular formula is C21H32N8O6. The lowest BCUT2D eigenvalue weighted by atomic mass is 10.1. The van der Waals surface area contributed by atoms with Crippen LogP contribution in [0.2, 0.25) is 0 Å². The molecule has 1 aromatic carbocycles. The standard InChI is InChI=1S/C15H23N5O4.C6H9N3O2/c16-11(2-1-7-20-15(18)19)14(23)24-10-5-3-9(4-6-10)8-12(17)13(21)22;7-5(6(10)11)1-4-2-8-3-9-4/h3-6,11-12H,1-2,7-8,16-17H2,(H,21,22)(H4,18,19,20);2-3,5H,1,7H2,(H,8,9)(H,10,11)/t11-,12-;5-/m00/s1. The number of nitrogens with zero attached hydrogens (tertiary/aromatic N) is 1. The first-order valence-corrected chi connectivity index (χ1v) is 10.6. The van der Waals surface area contributed by atoms with E-state index in [0.29, 0.717) is 30.8 Å². The zero-order valence-electron chi connectivity index (χ0n) is 19.0. The minimum atomic E-state index is -1.07. The van der Waals surface area contributed by atoms with Gasteiger partial charge in [-0.25, -0.2) is 9.78 Å². The van der Waals surface area contributed by atoms with Crippen LogP contribution in [0.3, 0.4) is 0 Å². The van der Waals surface area contributed by atoms with E-state index in [-0.39, 0.29) is 18.8 Å². The molecule has 13 N–H and O–H groups in total. The van der Waals surface area contributed by atoms with Gasteiger partial charge in [-0.2, -0.15) is 0 Å². The highest BCUT2D eigenvalue weighted by Crippen LogP contribution is 2.14. The highest BCUT2D eigenvalue weighted by molar-refractivity contribution is 5.78. The number of hydrogen-bond acceptors (Lipinski definition) is 9. The number of ether oxygens (including phenoxy) is 1. The third-order valence-corrected chi connectivity index (χ3v) is 4.53. The molecule has 14 nitrogen and oxygen atoms in total. The van der Waals surface area contributed by atoms with Gasteiger partial charge in [-0.1, -0.05) is 12.1 Å². The van der Waals surface area contributed by atoms with E-state index in [0.717, 1.165) is 5.56 Å². The van der Waals surface area contributed by atoms with Crippen molar-refractivity contribution >= 4 is 23.9 Å². The Morgan fingerprint density at radius 3 is 2.14 bits per heavy atom. The number of carboxylic acids is 2. The maximum absolute atomic E-state index is 11.9. The minimum absolute atomic E-state index is 0.131. The molecule has 0 aliphatic heterocycles. The van der Waals surface area contributed by atoms with Gasteiger partial charge in [0.1, 0.15) is 23.9 Å². The quantitative estimate of drug-likeness (QED) is 0.0538. The molecule has 1 aromatic heterocycles. The van der Waals surface area contributed by atoms with Gasteiger partial charge in [-0.05, 0) is 37.0 Å². The van der Waals surface area contributed by atoms with Gasteiger partial charge in [-0.15, -0.1) is 0 Å². The number of guanidine groups is 1. The zero-order chi connectivity index (χ0) is 26.4. The van der Waals surface area contributed by atoms with Crippen LogP contribution in [0.15, 0.2) is 36.8 Å². The molecule has 0 saturated carbocycles. The van der Waals surface area contributed by atoms with Crippen molar-refractivity contribution in [2.75, 3.05) is 6.54 Å². The third-order valence-electron chi connectivity index (χ3n) is 4.53. The minimum Gasteiger partial charge on any atom is -0.480 e. The molecule has 0 aliphatic carbocycles. The van der Waals surface area contributed by atoms with Gasteiger partial charge in [0.2, 0.25) is 0 Å². The fourth-order valence-electron chi connectivity index (χ4n) is 2.60. The van der Waals surface area contributed by atoms with Crippen LogP contribution in [0.5, 0.6) is 5.75 Å². The number of carboxylic acid groups (broad SMARTS) is 2. The van der Waals surface area contributed by atoms with Gasteiger partial charge in [-0.3, -0.25) is 15.0 Å². The maximum atomic E-state index is 11.9. The molecule has 0 spiro atoms. The van der Waals surface area contributed by atoms with Gasteiger partial charge in [0.15, 0.2) is 5.96 Å². The number of aromatic nitrogens is 2. The average Bonchev–Trinajstić information content (AvgIpc) is 3.31. The highest BCUT2D eigenvalue weighted by Gasteiger charge is 2.16. The number of rotatable bonds is 12. The number of hydrogen-bond donors (Lipinski definition) is 9. The first-order valence-electron chi connectivity index (χ1n) is 10.6. The van der Waals surface area contributed by atoms with E-state index in [2.05, 4.69) is 15.3 Å². The summed E-state index contributed by atoms with van der Waals surface area (Å²) in [6.45, 7) is 0.453. The largest absolute Gasteiger partial charge is 0.480 e. The summed E-state index contributed by atoms with van der Waals surface area (Å²) in [7, 11) is 0. The number of aliphatic carboxylic acids is 2. The van der Waals surface area contributed by atoms with E-state index < -0.39 is 36.0 Å². The van der Waals surface area contributed by atoms with Crippen LogP contribution in [0.4, 0.5) is 0 Å². The Balaban J connectivity index is 0.000000462. The van der Waals surface area contributed by atoms with Gasteiger partial charge in [0, 0.05) is 19.2 Å². The predicted octanol–water partition coefficient (Wildman–Crippen LogP) is -1.50. The molecule has 14 heteroatoms. The SMILES string of the molecule is N=C(N)NCCC[C@H](N)C(=O)Oc1ccc(C[C@H](N)C(=O)O)cc1.N[C@@H](Cc1c[nH]cn1)C(=O)O. The number of H-pyrrole nitrogens is 1. The second kappa shape index (κ2) is 15.0. The van der Waals surface area contributed by atoms with Gasteiger partial charge in [0.05, 0.1) is 12.0 Å². The number of carbonyl (C=O) groups is 3. The van der Waals surface area contributed by atoms with Gasteiger partial charge >= 0.3 is 17.9 Å². The van der Waals surface area contributed by atoms with E-state index in [9.17, 15) is 14.4 Å². The van der Waals surface area contributed by atoms with Crippen molar-refractivity contribution in [2.45, 2.75) is 43.8 Å². The van der Waals surface area contributed by atoms with Crippen molar-refractivity contribution in [3.05, 3.63) is 48.0 Å². The maximum Gasteiger partial charge on any atom is 0.328 e.